The Balaban J connectivity index is 2.06. The molecule has 0 aromatic heterocycles. The maximum Gasteiger partial charge on any atom is 0.0178 e. The van der Waals surface area contributed by atoms with Crippen molar-refractivity contribution in [2.24, 2.45) is 5.73 Å². The number of hydrogen-bond acceptors (Lipinski definition) is 1. The minimum absolute atomic E-state index is 0.583. The van der Waals surface area contributed by atoms with Gasteiger partial charge in [-0.1, -0.05) is 42.5 Å². The molecule has 2 heteroatoms. The van der Waals surface area contributed by atoms with E-state index in [0.29, 0.717) is 6.54 Å². The third kappa shape index (κ3) is 2.65. The smallest absolute Gasteiger partial charge is 0.0178 e. The summed E-state index contributed by atoms with van der Waals surface area (Å²) in [6, 6.07) is 22.5. The molecule has 0 bridgehead atoms. The zero-order valence-corrected chi connectivity index (χ0v) is 12.5. The van der Waals surface area contributed by atoms with Crippen molar-refractivity contribution in [3.8, 4) is 11.1 Å². The van der Waals surface area contributed by atoms with Gasteiger partial charge in [0.2, 0.25) is 0 Å². The van der Waals surface area contributed by atoms with Gasteiger partial charge in [-0.25, -0.2) is 0 Å². The average Bonchev–Trinajstić information content (AvgIpc) is 2.47. The first kappa shape index (κ1) is 12.6. The summed E-state index contributed by atoms with van der Waals surface area (Å²) in [7, 11) is 0. The lowest BCUT2D eigenvalue weighted by Crippen LogP contribution is -1.95. The van der Waals surface area contributed by atoms with E-state index in [1.54, 1.807) is 0 Å². The molecule has 93 valence electrons. The Morgan fingerprint density at radius 1 is 0.947 bits per heavy atom. The summed E-state index contributed by atoms with van der Waals surface area (Å²) in [6.07, 6.45) is 0. The molecular weight excluding hydrogens is 345 g/mol. The number of benzene rings is 3. The molecule has 0 atom stereocenters. The van der Waals surface area contributed by atoms with Gasteiger partial charge in [0.15, 0.2) is 0 Å². The van der Waals surface area contributed by atoms with Crippen LogP contribution in [0.4, 0.5) is 0 Å². The van der Waals surface area contributed by atoms with Crippen molar-refractivity contribution in [1.29, 1.82) is 0 Å². The summed E-state index contributed by atoms with van der Waals surface area (Å²) in [4.78, 5) is 0. The van der Waals surface area contributed by atoms with E-state index in [1.807, 2.05) is 0 Å². The van der Waals surface area contributed by atoms with Gasteiger partial charge in [0.05, 0.1) is 0 Å². The van der Waals surface area contributed by atoms with Crippen LogP contribution in [0.1, 0.15) is 5.56 Å². The molecule has 0 unspecified atom stereocenters. The van der Waals surface area contributed by atoms with Crippen molar-refractivity contribution >= 4 is 33.4 Å². The molecule has 0 amide bonds. The van der Waals surface area contributed by atoms with Crippen molar-refractivity contribution in [1.82, 2.24) is 0 Å². The molecule has 1 radical (unpaired) electrons. The number of rotatable bonds is 2. The van der Waals surface area contributed by atoms with E-state index in [4.69, 9.17) is 5.73 Å². The molecule has 0 saturated carbocycles. The van der Waals surface area contributed by atoms with Gasteiger partial charge in [-0.15, -0.1) is 0 Å². The van der Waals surface area contributed by atoms with Crippen LogP contribution in [-0.2, 0) is 6.54 Å². The van der Waals surface area contributed by atoms with Crippen LogP contribution in [0.3, 0.4) is 0 Å². The molecule has 1 nitrogen and oxygen atoms in total. The van der Waals surface area contributed by atoms with Gasteiger partial charge in [0.25, 0.3) is 0 Å². The monoisotopic (exact) mass is 358 g/mol. The summed E-state index contributed by atoms with van der Waals surface area (Å²) < 4.78 is 1.25. The molecule has 0 spiro atoms. The molecule has 0 aliphatic carbocycles. The van der Waals surface area contributed by atoms with E-state index in [9.17, 15) is 0 Å². The van der Waals surface area contributed by atoms with Crippen LogP contribution in [0.5, 0.6) is 0 Å². The lowest BCUT2D eigenvalue weighted by molar-refractivity contribution is 1.07. The number of nitrogens with two attached hydrogens (primary N) is 1. The van der Waals surface area contributed by atoms with Gasteiger partial charge in [-0.05, 0) is 68.3 Å². The minimum Gasteiger partial charge on any atom is -0.326 e. The fourth-order valence-corrected chi connectivity index (χ4v) is 2.65. The lowest BCUT2D eigenvalue weighted by atomic mass is 10.0. The van der Waals surface area contributed by atoms with Gasteiger partial charge in [-0.2, -0.15) is 0 Å². The van der Waals surface area contributed by atoms with Crippen molar-refractivity contribution in [2.75, 3.05) is 0 Å². The second kappa shape index (κ2) is 5.31. The van der Waals surface area contributed by atoms with Crippen molar-refractivity contribution < 1.29 is 0 Å². The Morgan fingerprint density at radius 2 is 1.74 bits per heavy atom. The summed E-state index contributed by atoms with van der Waals surface area (Å²) in [6.45, 7) is 0.583. The predicted octanol–water partition coefficient (Wildman–Crippen LogP) is 4.37. The first-order valence-corrected chi connectivity index (χ1v) is 7.25. The Kier molecular flexibility index (Phi) is 3.53. The average molecular weight is 358 g/mol. The van der Waals surface area contributed by atoms with Gasteiger partial charge in [0.1, 0.15) is 0 Å². The molecular formula is C17H13IN. The molecule has 0 saturated heterocycles. The zero-order valence-electron chi connectivity index (χ0n) is 10.4. The lowest BCUT2D eigenvalue weighted by Gasteiger charge is -2.05. The van der Waals surface area contributed by atoms with Gasteiger partial charge in [-0.3, -0.25) is 0 Å². The molecule has 0 aliphatic rings. The molecule has 3 rings (SSSR count). The second-order valence-electron chi connectivity index (χ2n) is 4.50. The van der Waals surface area contributed by atoms with E-state index in [2.05, 4.69) is 83.3 Å². The maximum atomic E-state index is 5.62. The van der Waals surface area contributed by atoms with Crippen molar-refractivity contribution in [3.63, 3.8) is 0 Å². The third-order valence-corrected chi connectivity index (χ3v) is 3.88. The third-order valence-electron chi connectivity index (χ3n) is 3.21. The van der Waals surface area contributed by atoms with Crippen LogP contribution in [0.25, 0.3) is 21.9 Å². The first-order chi connectivity index (χ1) is 9.26. The Morgan fingerprint density at radius 3 is 2.47 bits per heavy atom. The largest absolute Gasteiger partial charge is 0.326 e. The van der Waals surface area contributed by atoms with E-state index >= 15 is 0 Å². The van der Waals surface area contributed by atoms with Gasteiger partial charge >= 0.3 is 0 Å². The van der Waals surface area contributed by atoms with Crippen LogP contribution in [0, 0.1) is 9.64 Å². The fraction of sp³-hybridized carbons (Fsp3) is 0.0588. The highest BCUT2D eigenvalue weighted by molar-refractivity contribution is 14.1. The number of hydrogen-bond donors (Lipinski definition) is 1. The second-order valence-corrected chi connectivity index (χ2v) is 5.75. The molecule has 19 heavy (non-hydrogen) atoms. The Hall–Kier alpha value is -1.39. The van der Waals surface area contributed by atoms with Crippen LogP contribution in [0.2, 0.25) is 0 Å². The highest BCUT2D eigenvalue weighted by Gasteiger charge is 2.01. The first-order valence-electron chi connectivity index (χ1n) is 6.17. The fourth-order valence-electron chi connectivity index (χ4n) is 2.13. The Labute approximate surface area is 126 Å². The van der Waals surface area contributed by atoms with Crippen LogP contribution >= 0.6 is 22.6 Å². The minimum atomic E-state index is 0.583. The van der Waals surface area contributed by atoms with Crippen LogP contribution < -0.4 is 5.73 Å². The molecule has 0 heterocycles. The predicted molar refractivity (Wildman–Crippen MR) is 88.8 cm³/mol. The molecule has 2 N–H and O–H groups in total. The van der Waals surface area contributed by atoms with Crippen LogP contribution in [-0.4, -0.2) is 0 Å². The summed E-state index contributed by atoms with van der Waals surface area (Å²) in [5.41, 5.74) is 9.07. The number of halogens is 1. The van der Waals surface area contributed by atoms with E-state index < -0.39 is 0 Å². The molecule has 3 aromatic rings. The standard InChI is InChI=1S/C17H13IN/c18-17-8-7-15-9-14(5-6-16(15)10-17)13-3-1-12(11-19)2-4-13/h1-8,10H,11,19H2. The highest BCUT2D eigenvalue weighted by Crippen LogP contribution is 2.25. The van der Waals surface area contributed by atoms with E-state index in [1.165, 1.54) is 14.5 Å². The number of fused-ring (bicyclic) bond motifs is 1. The topological polar surface area (TPSA) is 26.0 Å². The molecule has 0 fully saturated rings. The summed E-state index contributed by atoms with van der Waals surface area (Å²) >= 11 is 2.33. The summed E-state index contributed by atoms with van der Waals surface area (Å²) in [5.74, 6) is 0. The Bertz CT molecular complexity index is 717. The van der Waals surface area contributed by atoms with Gasteiger partial charge < -0.3 is 5.73 Å². The van der Waals surface area contributed by atoms with E-state index in [0.717, 1.165) is 16.5 Å². The summed E-state index contributed by atoms with van der Waals surface area (Å²) in [5, 5.41) is 2.38. The van der Waals surface area contributed by atoms with Crippen molar-refractivity contribution in [3.05, 3.63) is 69.8 Å². The quantitative estimate of drug-likeness (QED) is 0.677. The van der Waals surface area contributed by atoms with Crippen molar-refractivity contribution in [2.45, 2.75) is 6.54 Å². The maximum absolute atomic E-state index is 5.62. The molecule has 3 aromatic carbocycles. The SMILES string of the molecule is NCc1ccc(-c2[c]c3ccc(I)cc3cc2)cc1. The highest BCUT2D eigenvalue weighted by atomic mass is 127. The van der Waals surface area contributed by atoms with Gasteiger partial charge in [0, 0.05) is 10.1 Å². The zero-order chi connectivity index (χ0) is 13.2. The molecule has 0 aliphatic heterocycles. The van der Waals surface area contributed by atoms with E-state index in [-0.39, 0.29) is 0 Å². The van der Waals surface area contributed by atoms with Crippen LogP contribution in [0.15, 0.2) is 54.6 Å². The normalized spacial score (nSPS) is 10.8.